The number of anilines is 1. The number of aromatic nitrogens is 1. The van der Waals surface area contributed by atoms with Crippen LogP contribution < -0.4 is 26.8 Å². The Morgan fingerprint density at radius 1 is 1.15 bits per heavy atom. The predicted octanol–water partition coefficient (Wildman–Crippen LogP) is 2.35. The van der Waals surface area contributed by atoms with Crippen molar-refractivity contribution in [1.29, 1.82) is 0 Å². The van der Waals surface area contributed by atoms with Gasteiger partial charge in [-0.25, -0.2) is 0 Å². The minimum Gasteiger partial charge on any atom is -0.353 e. The van der Waals surface area contributed by atoms with Crippen LogP contribution in [0.15, 0.2) is 29.2 Å². The summed E-state index contributed by atoms with van der Waals surface area (Å²) < 4.78 is 1.56. The fourth-order valence-electron chi connectivity index (χ4n) is 5.33. The van der Waals surface area contributed by atoms with Crippen LogP contribution in [0.1, 0.15) is 48.9 Å². The van der Waals surface area contributed by atoms with E-state index < -0.39 is 35.1 Å². The highest BCUT2D eigenvalue weighted by atomic mass is 35.5. The molecule has 2 aromatic rings. The van der Waals surface area contributed by atoms with Crippen molar-refractivity contribution in [3.8, 4) is 0 Å². The number of likely N-dealkylation sites (N-methyl/N-ethyl adjacent to an activating group) is 1. The van der Waals surface area contributed by atoms with Gasteiger partial charge in [-0.2, -0.15) is 0 Å². The number of nitrogens with one attached hydrogen (secondary N) is 4. The summed E-state index contributed by atoms with van der Waals surface area (Å²) in [6.45, 7) is -0.214. The molecule has 2 saturated carbocycles. The van der Waals surface area contributed by atoms with Gasteiger partial charge in [-0.15, -0.1) is 11.3 Å². The first-order chi connectivity index (χ1) is 19.0. The third-order valence-corrected chi connectivity index (χ3v) is 8.83. The van der Waals surface area contributed by atoms with Gasteiger partial charge in [0.2, 0.25) is 17.6 Å². The van der Waals surface area contributed by atoms with Crippen molar-refractivity contribution in [2.45, 2.75) is 57.2 Å². The number of thiophene rings is 1. The van der Waals surface area contributed by atoms with Crippen LogP contribution in [0.2, 0.25) is 8.67 Å². The summed E-state index contributed by atoms with van der Waals surface area (Å²) in [5, 5.41) is 10.2. The number of Topliss-reactive ketones (excluding diaryl/α,β-unsaturated/α-hetero) is 1. The molecular formula is C26H29Cl2N5O6S. The number of amides is 4. The van der Waals surface area contributed by atoms with Crippen molar-refractivity contribution in [2.24, 2.45) is 11.8 Å². The molecule has 2 aliphatic rings. The Kier molecular flexibility index (Phi) is 9.64. The first-order valence-corrected chi connectivity index (χ1v) is 14.4. The molecule has 40 heavy (non-hydrogen) atoms. The van der Waals surface area contributed by atoms with E-state index in [4.69, 9.17) is 23.2 Å². The highest BCUT2D eigenvalue weighted by Crippen LogP contribution is 2.44. The fourth-order valence-corrected chi connectivity index (χ4v) is 6.79. The maximum atomic E-state index is 13.2. The molecule has 4 rings (SSSR count). The second-order valence-electron chi connectivity index (χ2n) is 10.00. The lowest BCUT2D eigenvalue weighted by atomic mass is 9.95. The zero-order valence-corrected chi connectivity index (χ0v) is 24.0. The summed E-state index contributed by atoms with van der Waals surface area (Å²) >= 11 is 13.0. The lowest BCUT2D eigenvalue weighted by Gasteiger charge is -2.23. The fraction of sp³-hybridized carbons (Fsp3) is 0.462. The van der Waals surface area contributed by atoms with Crippen molar-refractivity contribution in [1.82, 2.24) is 20.5 Å². The van der Waals surface area contributed by atoms with Gasteiger partial charge < -0.3 is 25.8 Å². The van der Waals surface area contributed by atoms with Gasteiger partial charge in [0, 0.05) is 25.7 Å². The molecule has 2 bridgehead atoms. The normalized spacial score (nSPS) is 20.0. The lowest BCUT2D eigenvalue weighted by molar-refractivity contribution is -0.137. The molecule has 11 nitrogen and oxygen atoms in total. The standard InChI is InChI=1S/C26H29Cl2N5O6S/c1-29-25(38)19(34)7-6-16(31-23(36)15-11-20(27)40-22(15)28)24(37)32-17-3-2-8-33(26(17)39)12-21(35)30-18-10-13-4-5-14(18)9-13/h2-3,8,11,13-14,16,18H,4-7,9-10,12H2,1H3,(H,29,38)(H,30,35)(H,31,36)(H,32,37)/t13?,14?,16-,18+/m0/s1. The van der Waals surface area contributed by atoms with Crippen molar-refractivity contribution >= 4 is 69.6 Å². The number of hydrogen-bond acceptors (Lipinski definition) is 7. The summed E-state index contributed by atoms with van der Waals surface area (Å²) in [7, 11) is 1.30. The molecule has 2 heterocycles. The maximum absolute atomic E-state index is 13.2. The predicted molar refractivity (Wildman–Crippen MR) is 151 cm³/mol. The van der Waals surface area contributed by atoms with Crippen LogP contribution in [0.25, 0.3) is 0 Å². The number of fused-ring (bicyclic) bond motifs is 2. The Balaban J connectivity index is 1.44. The summed E-state index contributed by atoms with van der Waals surface area (Å²) in [5.41, 5.74) is -0.692. The maximum Gasteiger partial charge on any atom is 0.287 e. The van der Waals surface area contributed by atoms with Crippen LogP contribution in [0.5, 0.6) is 0 Å². The molecule has 2 aromatic heterocycles. The molecule has 4 amide bonds. The van der Waals surface area contributed by atoms with E-state index >= 15 is 0 Å². The Labute approximate surface area is 244 Å². The topological polar surface area (TPSA) is 155 Å². The van der Waals surface area contributed by atoms with Gasteiger partial charge in [-0.3, -0.25) is 28.8 Å². The number of nitrogens with zero attached hydrogens (tertiary/aromatic N) is 1. The quantitative estimate of drug-likeness (QED) is 0.287. The highest BCUT2D eigenvalue weighted by Gasteiger charge is 2.40. The average molecular weight is 611 g/mol. The first-order valence-electron chi connectivity index (χ1n) is 12.9. The van der Waals surface area contributed by atoms with Gasteiger partial charge in [0.05, 0.1) is 9.90 Å². The van der Waals surface area contributed by atoms with Crippen molar-refractivity contribution in [2.75, 3.05) is 12.4 Å². The monoisotopic (exact) mass is 609 g/mol. The molecule has 4 N–H and O–H groups in total. The van der Waals surface area contributed by atoms with Gasteiger partial charge in [0.25, 0.3) is 17.4 Å². The number of pyridine rings is 1. The molecular weight excluding hydrogens is 581 g/mol. The minimum absolute atomic E-state index is 0.0376. The van der Waals surface area contributed by atoms with Crippen molar-refractivity contribution < 1.29 is 24.0 Å². The molecule has 0 aromatic carbocycles. The highest BCUT2D eigenvalue weighted by molar-refractivity contribution is 7.20. The molecule has 214 valence electrons. The average Bonchev–Trinajstić information content (AvgIpc) is 3.63. The van der Waals surface area contributed by atoms with Crippen LogP contribution in [0.4, 0.5) is 5.69 Å². The number of ketones is 1. The molecule has 0 aliphatic heterocycles. The Bertz CT molecular complexity index is 1390. The second kappa shape index (κ2) is 13.0. The lowest BCUT2D eigenvalue weighted by Crippen LogP contribution is -2.45. The SMILES string of the molecule is CNC(=O)C(=O)CC[C@H](NC(=O)c1cc(Cl)sc1Cl)C(=O)Nc1cccn(CC(=O)N[C@@H]2CC3CCC2C3)c1=O. The van der Waals surface area contributed by atoms with E-state index in [0.29, 0.717) is 11.8 Å². The Morgan fingerprint density at radius 2 is 1.93 bits per heavy atom. The van der Waals surface area contributed by atoms with Crippen molar-refractivity contribution in [3.05, 3.63) is 49.0 Å². The molecule has 2 unspecified atom stereocenters. The van der Waals surface area contributed by atoms with Gasteiger partial charge in [0.15, 0.2) is 0 Å². The number of carbonyl (C=O) groups is 5. The van der Waals surface area contributed by atoms with E-state index in [0.717, 1.165) is 30.6 Å². The van der Waals surface area contributed by atoms with E-state index in [1.807, 2.05) is 0 Å². The molecule has 4 atom stereocenters. The summed E-state index contributed by atoms with van der Waals surface area (Å²) in [4.78, 5) is 75.4. The largest absolute Gasteiger partial charge is 0.353 e. The summed E-state index contributed by atoms with van der Waals surface area (Å²) in [5.74, 6) is -2.28. The zero-order valence-electron chi connectivity index (χ0n) is 21.6. The smallest absolute Gasteiger partial charge is 0.287 e. The third kappa shape index (κ3) is 7.10. The summed E-state index contributed by atoms with van der Waals surface area (Å²) in [6, 6.07) is 3.04. The van der Waals surface area contributed by atoms with E-state index in [-0.39, 0.29) is 51.3 Å². The van der Waals surface area contributed by atoms with E-state index in [9.17, 15) is 28.8 Å². The molecule has 14 heteroatoms. The van der Waals surface area contributed by atoms with Crippen molar-refractivity contribution in [3.63, 3.8) is 0 Å². The number of carbonyl (C=O) groups excluding carboxylic acids is 5. The van der Waals surface area contributed by atoms with Crippen LogP contribution in [-0.4, -0.2) is 53.1 Å². The van der Waals surface area contributed by atoms with Crippen LogP contribution in [0, 0.1) is 11.8 Å². The minimum atomic E-state index is -1.30. The molecule has 0 spiro atoms. The van der Waals surface area contributed by atoms with E-state index in [1.54, 1.807) is 0 Å². The Morgan fingerprint density at radius 3 is 2.55 bits per heavy atom. The number of hydrogen-bond donors (Lipinski definition) is 4. The van der Waals surface area contributed by atoms with E-state index in [2.05, 4.69) is 21.3 Å². The summed E-state index contributed by atoms with van der Waals surface area (Å²) in [6.07, 6.45) is 5.26. The van der Waals surface area contributed by atoms with E-state index in [1.165, 1.54) is 42.4 Å². The molecule has 2 aliphatic carbocycles. The van der Waals surface area contributed by atoms with Gasteiger partial charge in [-0.05, 0) is 55.7 Å². The van der Waals surface area contributed by atoms with Gasteiger partial charge >= 0.3 is 0 Å². The van der Waals surface area contributed by atoms with Crippen LogP contribution in [-0.2, 0) is 25.7 Å². The molecule has 2 fully saturated rings. The van der Waals surface area contributed by atoms with Gasteiger partial charge in [-0.1, -0.05) is 29.6 Å². The number of halogens is 2. The zero-order chi connectivity index (χ0) is 29.0. The molecule has 0 saturated heterocycles. The van der Waals surface area contributed by atoms with Gasteiger partial charge in [0.1, 0.15) is 22.6 Å². The Hall–Kier alpha value is -3.22. The number of rotatable bonds is 11. The third-order valence-electron chi connectivity index (χ3n) is 7.34. The van der Waals surface area contributed by atoms with Crippen LogP contribution >= 0.6 is 34.5 Å². The molecule has 0 radical (unpaired) electrons. The van der Waals surface area contributed by atoms with Crippen LogP contribution in [0.3, 0.4) is 0 Å². The first kappa shape index (κ1) is 29.8. The second-order valence-corrected chi connectivity index (χ2v) is 12.3.